The molecule has 3 heterocycles. The molecular formula is C22H19N3O5S. The number of esters is 1. The minimum Gasteiger partial charge on any atom is -0.493 e. The van der Waals surface area contributed by atoms with E-state index in [0.717, 1.165) is 11.1 Å². The molecule has 8 nitrogen and oxygen atoms in total. The van der Waals surface area contributed by atoms with Crippen molar-refractivity contribution >= 4 is 23.0 Å². The average Bonchev–Trinajstić information content (AvgIpc) is 3.28. The number of nitrogens with zero attached hydrogens (tertiary/aromatic N) is 3. The molecule has 0 aliphatic carbocycles. The van der Waals surface area contributed by atoms with Crippen molar-refractivity contribution in [3.63, 3.8) is 0 Å². The molecule has 0 saturated carbocycles. The Kier molecular flexibility index (Phi) is 5.68. The van der Waals surface area contributed by atoms with E-state index < -0.39 is 5.97 Å². The number of carbonyl (C=O) groups excluding carboxylic acids is 1. The molecule has 158 valence electrons. The molecule has 4 aromatic rings. The van der Waals surface area contributed by atoms with Gasteiger partial charge in [-0.05, 0) is 36.8 Å². The van der Waals surface area contributed by atoms with Gasteiger partial charge < -0.3 is 14.2 Å². The fourth-order valence-electron chi connectivity index (χ4n) is 3.01. The quantitative estimate of drug-likeness (QED) is 0.426. The van der Waals surface area contributed by atoms with Crippen LogP contribution in [0.15, 0.2) is 52.8 Å². The minimum absolute atomic E-state index is 0.123. The highest BCUT2D eigenvalue weighted by molar-refractivity contribution is 7.13. The fraction of sp³-hybridized carbons (Fsp3) is 0.182. The first kappa shape index (κ1) is 20.5. The molecule has 0 N–H and O–H groups in total. The molecule has 4 rings (SSSR count). The number of thiazole rings is 1. The molecule has 0 bridgehead atoms. The van der Waals surface area contributed by atoms with Crippen LogP contribution in [0.1, 0.15) is 21.7 Å². The maximum atomic E-state index is 12.4. The molecule has 0 amide bonds. The summed E-state index contributed by atoms with van der Waals surface area (Å²) in [6.45, 7) is 1.77. The zero-order valence-electron chi connectivity index (χ0n) is 17.1. The Morgan fingerprint density at radius 1 is 1.06 bits per heavy atom. The van der Waals surface area contributed by atoms with Gasteiger partial charge >= 0.3 is 5.97 Å². The summed E-state index contributed by atoms with van der Waals surface area (Å²) >= 11 is 1.31. The highest BCUT2D eigenvalue weighted by Crippen LogP contribution is 2.33. The first-order valence-electron chi connectivity index (χ1n) is 9.32. The van der Waals surface area contributed by atoms with Gasteiger partial charge in [0.2, 0.25) is 0 Å². The summed E-state index contributed by atoms with van der Waals surface area (Å²) in [4.78, 5) is 33.5. The Morgan fingerprint density at radius 2 is 1.87 bits per heavy atom. The summed E-state index contributed by atoms with van der Waals surface area (Å²) in [7, 11) is 3.12. The van der Waals surface area contributed by atoms with Crippen LogP contribution in [0.25, 0.3) is 16.2 Å². The van der Waals surface area contributed by atoms with Crippen LogP contribution in [-0.4, -0.2) is 34.6 Å². The number of ether oxygens (including phenoxy) is 3. The molecule has 0 aliphatic rings. The highest BCUT2D eigenvalue weighted by atomic mass is 32.1. The largest absolute Gasteiger partial charge is 0.493 e. The number of methoxy groups -OCH3 is 2. The monoisotopic (exact) mass is 437 g/mol. The van der Waals surface area contributed by atoms with Gasteiger partial charge in [-0.15, -0.1) is 11.3 Å². The Balaban J connectivity index is 1.49. The number of benzene rings is 1. The SMILES string of the molecule is COc1ccc(-c2nc(C(=O)OCc3cc(=O)n4cc(C)ccc4n3)cs2)cc1OC. The second kappa shape index (κ2) is 8.57. The van der Waals surface area contributed by atoms with Crippen molar-refractivity contribution in [2.75, 3.05) is 14.2 Å². The van der Waals surface area contributed by atoms with Crippen LogP contribution in [-0.2, 0) is 11.3 Å². The third kappa shape index (κ3) is 4.26. The first-order valence-corrected chi connectivity index (χ1v) is 10.2. The normalized spacial score (nSPS) is 10.8. The molecule has 3 aromatic heterocycles. The Morgan fingerprint density at radius 3 is 2.65 bits per heavy atom. The van der Waals surface area contributed by atoms with E-state index in [4.69, 9.17) is 14.2 Å². The van der Waals surface area contributed by atoms with Crippen LogP contribution in [0.5, 0.6) is 11.5 Å². The Hall–Kier alpha value is -3.72. The van der Waals surface area contributed by atoms with Crippen LogP contribution in [0, 0.1) is 6.92 Å². The van der Waals surface area contributed by atoms with Crippen molar-refractivity contribution in [3.8, 4) is 22.1 Å². The van der Waals surface area contributed by atoms with Crippen LogP contribution in [0.3, 0.4) is 0 Å². The number of fused-ring (bicyclic) bond motifs is 1. The van der Waals surface area contributed by atoms with E-state index in [1.165, 1.54) is 21.8 Å². The summed E-state index contributed by atoms with van der Waals surface area (Å²) in [5.41, 5.74) is 2.56. The van der Waals surface area contributed by atoms with Crippen molar-refractivity contribution in [2.24, 2.45) is 0 Å². The van der Waals surface area contributed by atoms with Gasteiger partial charge in [0.05, 0.1) is 19.9 Å². The second-order valence-electron chi connectivity index (χ2n) is 6.70. The topological polar surface area (TPSA) is 92.0 Å². The summed E-state index contributed by atoms with van der Waals surface area (Å²) < 4.78 is 17.3. The molecule has 1 aromatic carbocycles. The van der Waals surface area contributed by atoms with Crippen molar-refractivity contribution < 1.29 is 19.0 Å². The lowest BCUT2D eigenvalue weighted by Crippen LogP contribution is -2.17. The van der Waals surface area contributed by atoms with Crippen molar-refractivity contribution in [1.82, 2.24) is 14.4 Å². The second-order valence-corrected chi connectivity index (χ2v) is 7.56. The van der Waals surface area contributed by atoms with Crippen LogP contribution in [0.2, 0.25) is 0 Å². The molecule has 9 heteroatoms. The van der Waals surface area contributed by atoms with Gasteiger partial charge in [0.1, 0.15) is 17.3 Å². The number of rotatable bonds is 6. The van der Waals surface area contributed by atoms with E-state index in [2.05, 4.69) is 9.97 Å². The molecule has 0 fully saturated rings. The number of hydrogen-bond donors (Lipinski definition) is 0. The molecule has 0 aliphatic heterocycles. The molecule has 0 atom stereocenters. The molecular weight excluding hydrogens is 418 g/mol. The number of carbonyl (C=O) groups is 1. The Labute approximate surface area is 181 Å². The number of hydrogen-bond acceptors (Lipinski definition) is 8. The number of pyridine rings is 1. The van der Waals surface area contributed by atoms with Crippen LogP contribution < -0.4 is 15.0 Å². The third-order valence-electron chi connectivity index (χ3n) is 4.56. The summed E-state index contributed by atoms with van der Waals surface area (Å²) in [6.07, 6.45) is 1.71. The lowest BCUT2D eigenvalue weighted by Gasteiger charge is -2.08. The van der Waals surface area contributed by atoms with E-state index in [0.29, 0.717) is 27.8 Å². The molecule has 0 spiro atoms. The minimum atomic E-state index is -0.589. The van der Waals surface area contributed by atoms with E-state index in [1.54, 1.807) is 44.0 Å². The average molecular weight is 437 g/mol. The van der Waals surface area contributed by atoms with E-state index in [-0.39, 0.29) is 17.9 Å². The zero-order chi connectivity index (χ0) is 22.0. The lowest BCUT2D eigenvalue weighted by molar-refractivity contribution is 0.0462. The zero-order valence-corrected chi connectivity index (χ0v) is 17.9. The van der Waals surface area contributed by atoms with Gasteiger partial charge in [-0.3, -0.25) is 9.20 Å². The summed E-state index contributed by atoms with van der Waals surface area (Å²) in [5.74, 6) is 0.591. The highest BCUT2D eigenvalue weighted by Gasteiger charge is 2.15. The maximum Gasteiger partial charge on any atom is 0.358 e. The van der Waals surface area contributed by atoms with Gasteiger partial charge in [-0.1, -0.05) is 6.07 Å². The van der Waals surface area contributed by atoms with E-state index in [1.807, 2.05) is 19.1 Å². The summed E-state index contributed by atoms with van der Waals surface area (Å²) in [5, 5.41) is 2.27. The van der Waals surface area contributed by atoms with Gasteiger partial charge in [0.25, 0.3) is 5.56 Å². The van der Waals surface area contributed by atoms with Gasteiger partial charge in [0.15, 0.2) is 17.2 Å². The van der Waals surface area contributed by atoms with E-state index in [9.17, 15) is 9.59 Å². The molecule has 0 unspecified atom stereocenters. The first-order chi connectivity index (χ1) is 15.0. The van der Waals surface area contributed by atoms with Crippen LogP contribution in [0.4, 0.5) is 0 Å². The molecule has 0 saturated heterocycles. The summed E-state index contributed by atoms with van der Waals surface area (Å²) in [6, 6.07) is 10.4. The Bertz CT molecular complexity index is 1330. The van der Waals surface area contributed by atoms with Gasteiger partial charge in [-0.2, -0.15) is 0 Å². The lowest BCUT2D eigenvalue weighted by atomic mass is 10.2. The number of aryl methyl sites for hydroxylation is 1. The van der Waals surface area contributed by atoms with Crippen LogP contribution >= 0.6 is 11.3 Å². The smallest absolute Gasteiger partial charge is 0.358 e. The standard InChI is InChI=1S/C22H19N3O5S/c1-13-4-7-19-23-15(9-20(26)25(19)10-13)11-30-22(27)16-12-31-21(24-16)14-5-6-17(28-2)18(8-14)29-3/h4-10,12H,11H2,1-3H3. The van der Waals surface area contributed by atoms with Crippen molar-refractivity contribution in [2.45, 2.75) is 13.5 Å². The van der Waals surface area contributed by atoms with Gasteiger partial charge in [0, 0.05) is 23.2 Å². The predicted molar refractivity (Wildman–Crippen MR) is 116 cm³/mol. The number of aromatic nitrogens is 3. The molecule has 31 heavy (non-hydrogen) atoms. The molecule has 0 radical (unpaired) electrons. The van der Waals surface area contributed by atoms with Crippen molar-refractivity contribution in [1.29, 1.82) is 0 Å². The predicted octanol–water partition coefficient (Wildman–Crippen LogP) is 3.50. The van der Waals surface area contributed by atoms with Gasteiger partial charge in [-0.25, -0.2) is 14.8 Å². The van der Waals surface area contributed by atoms with E-state index >= 15 is 0 Å². The maximum absolute atomic E-state index is 12.4. The third-order valence-corrected chi connectivity index (χ3v) is 5.45. The fourth-order valence-corrected chi connectivity index (χ4v) is 3.80. The van der Waals surface area contributed by atoms with Crippen molar-refractivity contribution in [3.05, 3.63) is 75.3 Å².